The van der Waals surface area contributed by atoms with E-state index in [4.69, 9.17) is 9.72 Å². The number of carboxylic acids is 1. The highest BCUT2D eigenvalue weighted by Gasteiger charge is 2.59. The number of carbonyl (C=O) groups is 1. The lowest BCUT2D eigenvalue weighted by Crippen LogP contribution is -2.26. The Hall–Kier alpha value is -3.78. The SMILES string of the molecule is O=C(O)C1[C@H]2CN(Cc3ccc4cc(Oc5ccc(-c6ccn[nH]6)cn5)ccc4n3)C[C@@H]12. The molecule has 0 bridgehead atoms. The molecule has 1 aromatic carbocycles. The van der Waals surface area contributed by atoms with E-state index in [0.29, 0.717) is 23.5 Å². The van der Waals surface area contributed by atoms with Gasteiger partial charge in [-0.25, -0.2) is 4.98 Å². The Kier molecular flexibility index (Phi) is 4.39. The van der Waals surface area contributed by atoms with Crippen LogP contribution in [-0.4, -0.2) is 49.2 Å². The van der Waals surface area contributed by atoms with Crippen LogP contribution < -0.4 is 4.74 Å². The first-order valence-electron chi connectivity index (χ1n) is 10.6. The zero-order valence-electron chi connectivity index (χ0n) is 17.2. The second kappa shape index (κ2) is 7.42. The van der Waals surface area contributed by atoms with E-state index < -0.39 is 5.97 Å². The number of aliphatic carboxylic acids is 1. The third-order valence-electron chi connectivity index (χ3n) is 6.43. The van der Waals surface area contributed by atoms with Crippen molar-refractivity contribution < 1.29 is 14.6 Å². The van der Waals surface area contributed by atoms with Gasteiger partial charge in [-0.1, -0.05) is 6.07 Å². The summed E-state index contributed by atoms with van der Waals surface area (Å²) in [6.07, 6.45) is 3.45. The molecule has 0 amide bonds. The molecule has 1 aliphatic carbocycles. The molecule has 1 unspecified atom stereocenters. The number of nitrogens with zero attached hydrogens (tertiary/aromatic N) is 4. The summed E-state index contributed by atoms with van der Waals surface area (Å²) in [5, 5.41) is 17.0. The van der Waals surface area contributed by atoms with Crippen LogP contribution in [0, 0.1) is 17.8 Å². The maximum atomic E-state index is 11.1. The van der Waals surface area contributed by atoms with Gasteiger partial charge in [-0.3, -0.25) is 19.8 Å². The van der Waals surface area contributed by atoms with Gasteiger partial charge in [0.15, 0.2) is 0 Å². The van der Waals surface area contributed by atoms with Crippen LogP contribution in [0.1, 0.15) is 5.69 Å². The molecule has 0 radical (unpaired) electrons. The molecular weight excluding hydrogens is 406 g/mol. The number of pyridine rings is 2. The predicted octanol–water partition coefficient (Wildman–Crippen LogP) is 3.57. The molecule has 3 atom stereocenters. The van der Waals surface area contributed by atoms with Crippen molar-refractivity contribution in [2.45, 2.75) is 6.54 Å². The summed E-state index contributed by atoms with van der Waals surface area (Å²) in [5.74, 6) is 1.07. The Balaban J connectivity index is 1.12. The minimum absolute atomic E-state index is 0.134. The van der Waals surface area contributed by atoms with Gasteiger partial charge in [0.1, 0.15) is 5.75 Å². The number of likely N-dealkylation sites (tertiary alicyclic amines) is 1. The number of hydrogen-bond acceptors (Lipinski definition) is 6. The topological polar surface area (TPSA) is 104 Å². The van der Waals surface area contributed by atoms with Crippen molar-refractivity contribution in [3.05, 3.63) is 66.6 Å². The third kappa shape index (κ3) is 3.48. The van der Waals surface area contributed by atoms with Gasteiger partial charge in [0.25, 0.3) is 0 Å². The van der Waals surface area contributed by atoms with Gasteiger partial charge >= 0.3 is 5.97 Å². The van der Waals surface area contributed by atoms with Crippen LogP contribution >= 0.6 is 0 Å². The van der Waals surface area contributed by atoms with E-state index in [1.165, 1.54) is 0 Å². The minimum atomic E-state index is -0.648. The average Bonchev–Trinajstić information content (AvgIpc) is 3.13. The molecule has 2 N–H and O–H groups in total. The van der Waals surface area contributed by atoms with E-state index in [1.54, 1.807) is 12.4 Å². The fourth-order valence-electron chi connectivity index (χ4n) is 4.77. The highest BCUT2D eigenvalue weighted by Crippen LogP contribution is 2.51. The lowest BCUT2D eigenvalue weighted by atomic mass is 10.2. The number of ether oxygens (including phenoxy) is 1. The lowest BCUT2D eigenvalue weighted by molar-refractivity contribution is -0.139. The molecule has 4 heterocycles. The Morgan fingerprint density at radius 1 is 1.12 bits per heavy atom. The summed E-state index contributed by atoms with van der Waals surface area (Å²) in [4.78, 5) is 22.6. The van der Waals surface area contributed by atoms with Crippen molar-refractivity contribution in [2.24, 2.45) is 17.8 Å². The number of nitrogens with one attached hydrogen (secondary N) is 1. The fourth-order valence-corrected chi connectivity index (χ4v) is 4.77. The van der Waals surface area contributed by atoms with E-state index in [0.717, 1.165) is 47.5 Å². The first-order chi connectivity index (χ1) is 15.6. The average molecular weight is 427 g/mol. The summed E-state index contributed by atoms with van der Waals surface area (Å²) in [5.41, 5.74) is 3.75. The van der Waals surface area contributed by atoms with Gasteiger partial charge in [0, 0.05) is 49.0 Å². The molecule has 3 aromatic heterocycles. The van der Waals surface area contributed by atoms with Crippen LogP contribution in [-0.2, 0) is 11.3 Å². The summed E-state index contributed by atoms with van der Waals surface area (Å²) in [6, 6.07) is 15.5. The Bertz CT molecular complexity index is 1280. The Morgan fingerprint density at radius 3 is 2.72 bits per heavy atom. The predicted molar refractivity (Wildman–Crippen MR) is 117 cm³/mol. The van der Waals surface area contributed by atoms with Crippen molar-refractivity contribution in [1.82, 2.24) is 25.1 Å². The van der Waals surface area contributed by atoms with Gasteiger partial charge in [0.05, 0.1) is 22.8 Å². The first kappa shape index (κ1) is 18.9. The zero-order valence-corrected chi connectivity index (χ0v) is 17.2. The Labute approximate surface area is 183 Å². The van der Waals surface area contributed by atoms with Crippen molar-refractivity contribution in [2.75, 3.05) is 13.1 Å². The van der Waals surface area contributed by atoms with E-state index in [1.807, 2.05) is 42.5 Å². The molecule has 1 saturated carbocycles. The van der Waals surface area contributed by atoms with E-state index in [2.05, 4.69) is 26.1 Å². The van der Waals surface area contributed by atoms with E-state index in [9.17, 15) is 9.90 Å². The zero-order chi connectivity index (χ0) is 21.7. The van der Waals surface area contributed by atoms with Crippen molar-refractivity contribution >= 4 is 16.9 Å². The number of H-pyrrole nitrogens is 1. The summed E-state index contributed by atoms with van der Waals surface area (Å²) in [6.45, 7) is 2.45. The number of aromatic amines is 1. The van der Waals surface area contributed by atoms with Crippen molar-refractivity contribution in [3.8, 4) is 22.9 Å². The van der Waals surface area contributed by atoms with E-state index in [-0.39, 0.29) is 5.92 Å². The standard InChI is InChI=1S/C24H21N5O3/c30-24(31)23-18-12-29(13-19(18)23)11-16-3-1-14-9-17(4-5-20(14)27-16)32-22-6-2-15(10-25-22)21-7-8-26-28-21/h1-10,18-19,23H,11-13H2,(H,26,28)(H,30,31)/t18-,19+,23?. The number of benzene rings is 1. The number of carboxylic acid groups (broad SMARTS) is 1. The quantitative estimate of drug-likeness (QED) is 0.485. The molecule has 8 heteroatoms. The smallest absolute Gasteiger partial charge is 0.307 e. The molecule has 1 saturated heterocycles. The van der Waals surface area contributed by atoms with Crippen LogP contribution in [0.3, 0.4) is 0 Å². The molecule has 2 aliphatic rings. The highest BCUT2D eigenvalue weighted by molar-refractivity contribution is 5.80. The molecule has 4 aromatic rings. The minimum Gasteiger partial charge on any atom is -0.481 e. The largest absolute Gasteiger partial charge is 0.481 e. The molecule has 6 rings (SSSR count). The van der Waals surface area contributed by atoms with Crippen LogP contribution in [0.25, 0.3) is 22.2 Å². The third-order valence-corrected chi connectivity index (χ3v) is 6.43. The van der Waals surface area contributed by atoms with Gasteiger partial charge in [-0.15, -0.1) is 0 Å². The number of hydrogen-bond donors (Lipinski definition) is 2. The maximum absolute atomic E-state index is 11.1. The fraction of sp³-hybridized carbons (Fsp3) is 0.250. The van der Waals surface area contributed by atoms with Crippen LogP contribution in [0.4, 0.5) is 0 Å². The second-order valence-electron chi connectivity index (χ2n) is 8.50. The van der Waals surface area contributed by atoms with Gasteiger partial charge in [-0.2, -0.15) is 5.10 Å². The van der Waals surface area contributed by atoms with Gasteiger partial charge in [0.2, 0.25) is 5.88 Å². The highest BCUT2D eigenvalue weighted by atomic mass is 16.5. The van der Waals surface area contributed by atoms with Gasteiger partial charge < -0.3 is 9.84 Å². The maximum Gasteiger partial charge on any atom is 0.307 e. The molecule has 0 spiro atoms. The van der Waals surface area contributed by atoms with Crippen molar-refractivity contribution in [3.63, 3.8) is 0 Å². The molecule has 8 nitrogen and oxygen atoms in total. The number of rotatable bonds is 6. The van der Waals surface area contributed by atoms with Crippen molar-refractivity contribution in [1.29, 1.82) is 0 Å². The monoisotopic (exact) mass is 427 g/mol. The second-order valence-corrected chi connectivity index (χ2v) is 8.50. The molecule has 1 aliphatic heterocycles. The number of aromatic nitrogens is 4. The summed E-state index contributed by atoms with van der Waals surface area (Å²) in [7, 11) is 0. The first-order valence-corrected chi connectivity index (χ1v) is 10.6. The van der Waals surface area contributed by atoms with Crippen LogP contribution in [0.15, 0.2) is 60.9 Å². The van der Waals surface area contributed by atoms with Crippen LogP contribution in [0.2, 0.25) is 0 Å². The molecule has 160 valence electrons. The molecule has 2 fully saturated rings. The van der Waals surface area contributed by atoms with Gasteiger partial charge in [-0.05, 0) is 48.2 Å². The lowest BCUT2D eigenvalue weighted by Gasteiger charge is -2.18. The molecular formula is C24H21N5O3. The molecule has 32 heavy (non-hydrogen) atoms. The number of fused-ring (bicyclic) bond motifs is 2. The normalized spacial score (nSPS) is 22.1. The summed E-state index contributed by atoms with van der Waals surface area (Å²) < 4.78 is 5.92. The van der Waals surface area contributed by atoms with E-state index >= 15 is 0 Å². The summed E-state index contributed by atoms with van der Waals surface area (Å²) >= 11 is 0. The Morgan fingerprint density at radius 2 is 2.00 bits per heavy atom. The number of piperidine rings is 1. The van der Waals surface area contributed by atoms with Crippen LogP contribution in [0.5, 0.6) is 11.6 Å².